The molecule has 0 unspecified atom stereocenters. The Morgan fingerprint density at radius 2 is 1.82 bits per heavy atom. The largest absolute Gasteiger partial charge is 0.456 e. The summed E-state index contributed by atoms with van der Waals surface area (Å²) < 4.78 is 31.9. The minimum atomic E-state index is -3.44. The van der Waals surface area contributed by atoms with Gasteiger partial charge < -0.3 is 10.1 Å². The molecule has 0 atom stereocenters. The first-order valence-corrected chi connectivity index (χ1v) is 5.75. The van der Waals surface area contributed by atoms with Crippen molar-refractivity contribution in [3.63, 3.8) is 0 Å². The fraction of sp³-hybridized carbons (Fsp3) is 0.909. The van der Waals surface area contributed by atoms with Crippen molar-refractivity contribution in [3.8, 4) is 0 Å². The number of carbonyl (C=O) groups is 1. The van der Waals surface area contributed by atoms with E-state index in [1.807, 2.05) is 0 Å². The van der Waals surface area contributed by atoms with Crippen LogP contribution in [0, 0.1) is 0 Å². The van der Waals surface area contributed by atoms with Crippen LogP contribution in [0.1, 0.15) is 20.8 Å². The topological polar surface area (TPSA) is 41.6 Å². The average molecular weight is 250 g/mol. The van der Waals surface area contributed by atoms with E-state index >= 15 is 0 Å². The molecule has 1 aliphatic heterocycles. The van der Waals surface area contributed by atoms with Crippen LogP contribution in [0.15, 0.2) is 0 Å². The average Bonchev–Trinajstić information content (AvgIpc) is 2.15. The van der Waals surface area contributed by atoms with E-state index < -0.39 is 24.0 Å². The fourth-order valence-corrected chi connectivity index (χ4v) is 1.57. The van der Waals surface area contributed by atoms with E-state index in [2.05, 4.69) is 5.32 Å². The highest BCUT2D eigenvalue weighted by molar-refractivity contribution is 5.78. The predicted octanol–water partition coefficient (Wildman–Crippen LogP) is 0.869. The van der Waals surface area contributed by atoms with Crippen molar-refractivity contribution in [2.45, 2.75) is 32.3 Å². The molecule has 0 aliphatic carbocycles. The summed E-state index contributed by atoms with van der Waals surface area (Å²) >= 11 is 0. The van der Waals surface area contributed by atoms with Gasteiger partial charge in [-0.05, 0) is 20.8 Å². The van der Waals surface area contributed by atoms with Crippen molar-refractivity contribution in [1.82, 2.24) is 10.2 Å². The van der Waals surface area contributed by atoms with Gasteiger partial charge in [-0.25, -0.2) is 4.79 Å². The zero-order chi connectivity index (χ0) is 13.1. The van der Waals surface area contributed by atoms with Crippen LogP contribution in [0.3, 0.4) is 0 Å². The number of hydrogen-bond donors (Lipinski definition) is 1. The molecule has 6 heteroatoms. The maximum Gasteiger partial charge on any atom is 0.378 e. The summed E-state index contributed by atoms with van der Waals surface area (Å²) in [5.41, 5.74) is -0.885. The van der Waals surface area contributed by atoms with Gasteiger partial charge in [0.1, 0.15) is 5.60 Å². The Balaban J connectivity index is 2.51. The number of rotatable bonds is 3. The van der Waals surface area contributed by atoms with Gasteiger partial charge >= 0.3 is 11.9 Å². The van der Waals surface area contributed by atoms with Gasteiger partial charge in [-0.15, -0.1) is 0 Å². The van der Waals surface area contributed by atoms with Crippen LogP contribution in [0.5, 0.6) is 0 Å². The SMILES string of the molecule is CC(C)(C)OC(=O)C(F)(F)CN1CCNCC1. The Morgan fingerprint density at radius 3 is 2.29 bits per heavy atom. The van der Waals surface area contributed by atoms with Crippen LogP contribution in [-0.4, -0.2) is 55.1 Å². The van der Waals surface area contributed by atoms with Gasteiger partial charge in [0.05, 0.1) is 6.54 Å². The first kappa shape index (κ1) is 14.3. The Hall–Kier alpha value is -0.750. The molecular formula is C11H20F2N2O2. The lowest BCUT2D eigenvalue weighted by molar-refractivity contribution is -0.186. The highest BCUT2D eigenvalue weighted by Gasteiger charge is 2.44. The molecule has 0 amide bonds. The number of esters is 1. The summed E-state index contributed by atoms with van der Waals surface area (Å²) in [4.78, 5) is 12.9. The molecular weight excluding hydrogens is 230 g/mol. The van der Waals surface area contributed by atoms with E-state index in [0.717, 1.165) is 0 Å². The number of halogens is 2. The van der Waals surface area contributed by atoms with E-state index in [4.69, 9.17) is 4.74 Å². The Kier molecular flexibility index (Phi) is 4.43. The Bertz CT molecular complexity index is 271. The van der Waals surface area contributed by atoms with Crippen LogP contribution in [-0.2, 0) is 9.53 Å². The van der Waals surface area contributed by atoms with Crippen LogP contribution < -0.4 is 5.32 Å². The smallest absolute Gasteiger partial charge is 0.378 e. The van der Waals surface area contributed by atoms with Crippen LogP contribution in [0.4, 0.5) is 8.78 Å². The molecule has 4 nitrogen and oxygen atoms in total. The summed E-state index contributed by atoms with van der Waals surface area (Å²) in [6, 6.07) is 0. The van der Waals surface area contributed by atoms with E-state index in [9.17, 15) is 13.6 Å². The van der Waals surface area contributed by atoms with Gasteiger partial charge in [0.2, 0.25) is 0 Å². The van der Waals surface area contributed by atoms with Gasteiger partial charge in [-0.1, -0.05) is 0 Å². The Morgan fingerprint density at radius 1 is 1.29 bits per heavy atom. The molecule has 1 rings (SSSR count). The fourth-order valence-electron chi connectivity index (χ4n) is 1.57. The second kappa shape index (κ2) is 5.27. The molecule has 0 aromatic heterocycles. The lowest BCUT2D eigenvalue weighted by atomic mass is 10.2. The van der Waals surface area contributed by atoms with E-state index in [-0.39, 0.29) is 0 Å². The predicted molar refractivity (Wildman–Crippen MR) is 60.1 cm³/mol. The maximum atomic E-state index is 13.6. The van der Waals surface area contributed by atoms with Gasteiger partial charge in [-0.2, -0.15) is 8.78 Å². The van der Waals surface area contributed by atoms with Gasteiger partial charge in [0.25, 0.3) is 0 Å². The molecule has 17 heavy (non-hydrogen) atoms. The van der Waals surface area contributed by atoms with Crippen LogP contribution >= 0.6 is 0 Å². The number of piperazine rings is 1. The molecule has 1 aliphatic rings. The third-order valence-electron chi connectivity index (χ3n) is 2.33. The molecule has 0 radical (unpaired) electrons. The van der Waals surface area contributed by atoms with Gasteiger partial charge in [-0.3, -0.25) is 4.90 Å². The quantitative estimate of drug-likeness (QED) is 0.755. The van der Waals surface area contributed by atoms with E-state index in [0.29, 0.717) is 26.2 Å². The molecule has 0 aromatic carbocycles. The van der Waals surface area contributed by atoms with Crippen molar-refractivity contribution in [3.05, 3.63) is 0 Å². The second-order valence-electron chi connectivity index (χ2n) is 5.23. The van der Waals surface area contributed by atoms with Crippen molar-refractivity contribution in [2.75, 3.05) is 32.7 Å². The van der Waals surface area contributed by atoms with Crippen LogP contribution in [0.2, 0.25) is 0 Å². The zero-order valence-electron chi connectivity index (χ0n) is 10.6. The number of hydrogen-bond acceptors (Lipinski definition) is 4. The molecule has 100 valence electrons. The molecule has 0 bridgehead atoms. The normalized spacial score (nSPS) is 19.1. The van der Waals surface area contributed by atoms with E-state index in [1.165, 1.54) is 0 Å². The third-order valence-corrected chi connectivity index (χ3v) is 2.33. The van der Waals surface area contributed by atoms with Gasteiger partial charge in [0.15, 0.2) is 0 Å². The molecule has 0 spiro atoms. The number of ether oxygens (including phenoxy) is 1. The summed E-state index contributed by atoms with van der Waals surface area (Å²) in [6.45, 7) is 6.55. The Labute approximate surface area is 100 Å². The number of nitrogens with zero attached hydrogens (tertiary/aromatic N) is 1. The van der Waals surface area contributed by atoms with Crippen LogP contribution in [0.25, 0.3) is 0 Å². The zero-order valence-corrected chi connectivity index (χ0v) is 10.6. The summed E-state index contributed by atoms with van der Waals surface area (Å²) in [7, 11) is 0. The monoisotopic (exact) mass is 250 g/mol. The molecule has 1 heterocycles. The van der Waals surface area contributed by atoms with Crippen molar-refractivity contribution < 1.29 is 18.3 Å². The van der Waals surface area contributed by atoms with E-state index in [1.54, 1.807) is 25.7 Å². The summed E-state index contributed by atoms with van der Waals surface area (Å²) in [6.07, 6.45) is 0. The molecule has 1 saturated heterocycles. The number of alkyl halides is 2. The third kappa shape index (κ3) is 4.95. The minimum absolute atomic E-state index is 0.526. The first-order chi connectivity index (χ1) is 7.71. The summed E-state index contributed by atoms with van der Waals surface area (Å²) in [5.74, 6) is -4.88. The minimum Gasteiger partial charge on any atom is -0.456 e. The van der Waals surface area contributed by atoms with Crippen molar-refractivity contribution in [1.29, 1.82) is 0 Å². The highest BCUT2D eigenvalue weighted by atomic mass is 19.3. The lowest BCUT2D eigenvalue weighted by Gasteiger charge is -2.31. The lowest BCUT2D eigenvalue weighted by Crippen LogP contribution is -2.51. The van der Waals surface area contributed by atoms with Crippen molar-refractivity contribution >= 4 is 5.97 Å². The maximum absolute atomic E-state index is 13.6. The summed E-state index contributed by atoms with van der Waals surface area (Å²) in [5, 5.41) is 3.07. The second-order valence-corrected chi connectivity index (χ2v) is 5.23. The van der Waals surface area contributed by atoms with Crippen molar-refractivity contribution in [2.24, 2.45) is 0 Å². The standard InChI is InChI=1S/C11H20F2N2O2/c1-10(2,3)17-9(16)11(12,13)8-15-6-4-14-5-7-15/h14H,4-8H2,1-3H3. The number of carbonyl (C=O) groups excluding carboxylic acids is 1. The first-order valence-electron chi connectivity index (χ1n) is 5.75. The van der Waals surface area contributed by atoms with Gasteiger partial charge in [0, 0.05) is 26.2 Å². The molecule has 0 saturated carbocycles. The number of nitrogens with one attached hydrogen (secondary N) is 1. The highest BCUT2D eigenvalue weighted by Crippen LogP contribution is 2.21. The molecule has 1 fully saturated rings. The molecule has 1 N–H and O–H groups in total. The molecule has 0 aromatic rings.